The Bertz CT molecular complexity index is 729. The molecule has 1 rings (SSSR count). The van der Waals surface area contributed by atoms with E-state index in [1.165, 1.54) is 0 Å². The molecule has 0 aliphatic heterocycles. The third kappa shape index (κ3) is 5.13. The first-order valence-electron chi connectivity index (χ1n) is 5.32. The van der Waals surface area contributed by atoms with E-state index in [1.807, 2.05) is 0 Å². The molecular formula is C10H14FN3O4S2. The molecule has 0 aliphatic rings. The Balaban J connectivity index is 2.93. The van der Waals surface area contributed by atoms with Crippen LogP contribution in [0.4, 0.5) is 10.1 Å². The van der Waals surface area contributed by atoms with E-state index < -0.39 is 43.0 Å². The highest BCUT2D eigenvalue weighted by Crippen LogP contribution is 2.15. The van der Waals surface area contributed by atoms with Gasteiger partial charge in [0.1, 0.15) is 21.5 Å². The van der Waals surface area contributed by atoms with E-state index >= 15 is 0 Å². The lowest BCUT2D eigenvalue weighted by atomic mass is 10.2. The van der Waals surface area contributed by atoms with Crippen molar-refractivity contribution in [3.63, 3.8) is 0 Å². The van der Waals surface area contributed by atoms with Gasteiger partial charge in [0.05, 0.1) is 17.1 Å². The Labute approximate surface area is 116 Å². The molecule has 0 amide bonds. The van der Waals surface area contributed by atoms with Gasteiger partial charge in [0, 0.05) is 11.9 Å². The first-order chi connectivity index (χ1) is 9.00. The van der Waals surface area contributed by atoms with Gasteiger partial charge in [-0.25, -0.2) is 21.2 Å². The summed E-state index contributed by atoms with van der Waals surface area (Å²) < 4.78 is 60.6. The molecule has 0 spiro atoms. The Morgan fingerprint density at radius 3 is 2.40 bits per heavy atom. The second-order valence-corrected chi connectivity index (χ2v) is 8.26. The molecule has 0 unspecified atom stereocenters. The van der Waals surface area contributed by atoms with Gasteiger partial charge < -0.3 is 5.73 Å². The number of nitrogens with two attached hydrogens (primary N) is 1. The molecule has 0 fully saturated rings. The first-order valence-corrected chi connectivity index (χ1v) is 9.03. The minimum atomic E-state index is -3.89. The largest absolute Gasteiger partial charge is 0.384 e. The normalized spacial score (nSPS) is 12.1. The van der Waals surface area contributed by atoms with Crippen LogP contribution in [0.5, 0.6) is 0 Å². The van der Waals surface area contributed by atoms with Gasteiger partial charge in [0.25, 0.3) is 0 Å². The van der Waals surface area contributed by atoms with Crippen LogP contribution < -0.4 is 10.5 Å². The fourth-order valence-corrected chi connectivity index (χ4v) is 3.96. The Morgan fingerprint density at radius 2 is 1.90 bits per heavy atom. The van der Waals surface area contributed by atoms with Crippen LogP contribution in [-0.4, -0.2) is 40.4 Å². The van der Waals surface area contributed by atoms with Crippen molar-refractivity contribution in [1.29, 1.82) is 5.41 Å². The summed E-state index contributed by atoms with van der Waals surface area (Å²) in [6.07, 6.45) is 0.925. The fourth-order valence-electron chi connectivity index (χ4n) is 1.29. The van der Waals surface area contributed by atoms with Crippen molar-refractivity contribution in [3.8, 4) is 0 Å². The standard InChI is InChI=1S/C10H14FN3O4S2/c1-19(15,16)4-5-20(17,18)14-7-2-3-9(11)8(6-7)10(12)13/h2-3,6,14H,4-5H2,1H3,(H3,12,13). The first kappa shape index (κ1) is 16.4. The van der Waals surface area contributed by atoms with E-state index in [-0.39, 0.29) is 11.3 Å². The molecule has 0 aromatic heterocycles. The van der Waals surface area contributed by atoms with Gasteiger partial charge in [-0.2, -0.15) is 0 Å². The lowest BCUT2D eigenvalue weighted by molar-refractivity contribution is 0.593. The highest BCUT2D eigenvalue weighted by molar-refractivity contribution is 7.95. The van der Waals surface area contributed by atoms with Gasteiger partial charge in [-0.05, 0) is 18.2 Å². The molecule has 0 heterocycles. The number of hydrogen-bond donors (Lipinski definition) is 3. The number of sulfone groups is 1. The molecule has 0 radical (unpaired) electrons. The SMILES string of the molecule is CS(=O)(=O)CCS(=O)(=O)Nc1ccc(F)c(C(=N)N)c1. The number of rotatable bonds is 6. The number of amidine groups is 1. The summed E-state index contributed by atoms with van der Waals surface area (Å²) in [4.78, 5) is 0. The molecule has 0 saturated carbocycles. The summed E-state index contributed by atoms with van der Waals surface area (Å²) >= 11 is 0. The number of nitrogens with one attached hydrogen (secondary N) is 2. The molecule has 7 nitrogen and oxygen atoms in total. The van der Waals surface area contributed by atoms with Crippen molar-refractivity contribution < 1.29 is 21.2 Å². The summed E-state index contributed by atoms with van der Waals surface area (Å²) in [7, 11) is -7.30. The van der Waals surface area contributed by atoms with Crippen molar-refractivity contribution in [2.24, 2.45) is 5.73 Å². The molecule has 0 atom stereocenters. The average molecular weight is 323 g/mol. The smallest absolute Gasteiger partial charge is 0.233 e. The van der Waals surface area contributed by atoms with E-state index in [4.69, 9.17) is 11.1 Å². The number of hydrogen-bond acceptors (Lipinski definition) is 5. The van der Waals surface area contributed by atoms with Crippen LogP contribution in [0.15, 0.2) is 18.2 Å². The third-order valence-corrected chi connectivity index (χ3v) is 4.75. The maximum Gasteiger partial charge on any atom is 0.233 e. The summed E-state index contributed by atoms with van der Waals surface area (Å²) in [6.45, 7) is 0. The summed E-state index contributed by atoms with van der Waals surface area (Å²) in [5, 5.41) is 7.15. The van der Waals surface area contributed by atoms with Crippen molar-refractivity contribution in [2.45, 2.75) is 0 Å². The number of halogens is 1. The maximum atomic E-state index is 13.3. The van der Waals surface area contributed by atoms with Gasteiger partial charge >= 0.3 is 0 Å². The van der Waals surface area contributed by atoms with Crippen LogP contribution >= 0.6 is 0 Å². The summed E-state index contributed by atoms with van der Waals surface area (Å²) in [5.74, 6) is -2.43. The zero-order chi connectivity index (χ0) is 15.6. The monoisotopic (exact) mass is 323 g/mol. The second kappa shape index (κ2) is 5.75. The van der Waals surface area contributed by atoms with E-state index in [2.05, 4.69) is 4.72 Å². The Morgan fingerprint density at radius 1 is 1.30 bits per heavy atom. The Kier molecular flexibility index (Phi) is 4.71. The van der Waals surface area contributed by atoms with E-state index in [9.17, 15) is 21.2 Å². The molecule has 10 heteroatoms. The minimum Gasteiger partial charge on any atom is -0.384 e. The summed E-state index contributed by atoms with van der Waals surface area (Å²) in [6, 6.07) is 3.18. The number of sulfonamides is 1. The number of benzene rings is 1. The van der Waals surface area contributed by atoms with E-state index in [1.54, 1.807) is 0 Å². The van der Waals surface area contributed by atoms with Crippen LogP contribution in [-0.2, 0) is 19.9 Å². The van der Waals surface area contributed by atoms with Gasteiger partial charge in [-0.1, -0.05) is 0 Å². The molecule has 0 saturated heterocycles. The van der Waals surface area contributed by atoms with E-state index in [0.717, 1.165) is 24.5 Å². The molecular weight excluding hydrogens is 309 g/mol. The highest BCUT2D eigenvalue weighted by atomic mass is 32.2. The van der Waals surface area contributed by atoms with Crippen LogP contribution in [0, 0.1) is 11.2 Å². The summed E-state index contributed by atoms with van der Waals surface area (Å²) in [5.41, 5.74) is 4.91. The number of nitrogen functional groups attached to an aromatic ring is 1. The van der Waals surface area contributed by atoms with Crippen LogP contribution in [0.1, 0.15) is 5.56 Å². The van der Waals surface area contributed by atoms with Crippen molar-refractivity contribution in [3.05, 3.63) is 29.6 Å². The number of anilines is 1. The van der Waals surface area contributed by atoms with E-state index in [0.29, 0.717) is 0 Å². The van der Waals surface area contributed by atoms with Gasteiger partial charge in [0.15, 0.2) is 0 Å². The molecule has 0 bridgehead atoms. The van der Waals surface area contributed by atoms with Gasteiger partial charge in [-0.15, -0.1) is 0 Å². The predicted molar refractivity (Wildman–Crippen MR) is 74.5 cm³/mol. The zero-order valence-electron chi connectivity index (χ0n) is 10.6. The predicted octanol–water partition coefficient (Wildman–Crippen LogP) is -0.104. The van der Waals surface area contributed by atoms with Crippen LogP contribution in [0.2, 0.25) is 0 Å². The van der Waals surface area contributed by atoms with Crippen LogP contribution in [0.25, 0.3) is 0 Å². The quantitative estimate of drug-likeness (QED) is 0.497. The molecule has 1 aromatic rings. The lowest BCUT2D eigenvalue weighted by Gasteiger charge is -2.09. The highest BCUT2D eigenvalue weighted by Gasteiger charge is 2.15. The minimum absolute atomic E-state index is 0.00472. The average Bonchev–Trinajstić information content (AvgIpc) is 2.28. The molecule has 20 heavy (non-hydrogen) atoms. The molecule has 1 aromatic carbocycles. The molecule has 112 valence electrons. The van der Waals surface area contributed by atoms with Crippen molar-refractivity contribution >= 4 is 31.4 Å². The Hall–Kier alpha value is -1.68. The zero-order valence-corrected chi connectivity index (χ0v) is 12.2. The molecule has 4 N–H and O–H groups in total. The maximum absolute atomic E-state index is 13.3. The van der Waals surface area contributed by atoms with Crippen LogP contribution in [0.3, 0.4) is 0 Å². The molecule has 0 aliphatic carbocycles. The van der Waals surface area contributed by atoms with Gasteiger partial charge in [0.2, 0.25) is 10.0 Å². The van der Waals surface area contributed by atoms with Gasteiger partial charge in [-0.3, -0.25) is 10.1 Å². The third-order valence-electron chi connectivity index (χ3n) is 2.25. The fraction of sp³-hybridized carbons (Fsp3) is 0.300. The second-order valence-electron chi connectivity index (χ2n) is 4.16. The van der Waals surface area contributed by atoms with Crippen molar-refractivity contribution in [1.82, 2.24) is 0 Å². The van der Waals surface area contributed by atoms with Crippen molar-refractivity contribution in [2.75, 3.05) is 22.5 Å². The topological polar surface area (TPSA) is 130 Å². The lowest BCUT2D eigenvalue weighted by Crippen LogP contribution is -2.23.